The number of carbonyl (C=O) groups excluding carboxylic acids is 1. The van der Waals surface area contributed by atoms with Crippen molar-refractivity contribution in [3.8, 4) is 5.75 Å². The van der Waals surface area contributed by atoms with Crippen LogP contribution in [0.25, 0.3) is 0 Å². The van der Waals surface area contributed by atoms with Crippen LogP contribution in [0.15, 0.2) is 54.6 Å². The molecule has 1 saturated heterocycles. The first-order valence-corrected chi connectivity index (χ1v) is 9.51. The lowest BCUT2D eigenvalue weighted by Crippen LogP contribution is -2.52. The van der Waals surface area contributed by atoms with Gasteiger partial charge in [0, 0.05) is 32.7 Å². The number of nitrogens with zero attached hydrogens (tertiary/aromatic N) is 2. The maximum Gasteiger partial charge on any atom is 0.263 e. The average molecular weight is 373 g/mol. The van der Waals surface area contributed by atoms with Crippen LogP contribution in [0, 0.1) is 0 Å². The number of rotatable bonds is 6. The Morgan fingerprint density at radius 1 is 1.04 bits per heavy atom. The van der Waals surface area contributed by atoms with Gasteiger partial charge in [-0.25, -0.2) is 0 Å². The number of carbonyl (C=O) groups is 1. The fourth-order valence-electron chi connectivity index (χ4n) is 3.17. The first-order valence-electron chi connectivity index (χ1n) is 9.13. The van der Waals surface area contributed by atoms with Gasteiger partial charge in [0.15, 0.2) is 6.10 Å². The van der Waals surface area contributed by atoms with Crippen LogP contribution in [0.1, 0.15) is 18.9 Å². The van der Waals surface area contributed by atoms with Crippen molar-refractivity contribution >= 4 is 17.5 Å². The second kappa shape index (κ2) is 9.06. The summed E-state index contributed by atoms with van der Waals surface area (Å²) in [5.41, 5.74) is 1.31. The fourth-order valence-corrected chi connectivity index (χ4v) is 3.35. The molecule has 5 heteroatoms. The highest BCUT2D eigenvalue weighted by atomic mass is 35.5. The summed E-state index contributed by atoms with van der Waals surface area (Å²) in [6.07, 6.45) is 0.129. The maximum absolute atomic E-state index is 12.8. The van der Waals surface area contributed by atoms with Gasteiger partial charge in [-0.1, -0.05) is 61.0 Å². The third-order valence-electron chi connectivity index (χ3n) is 4.69. The Bertz CT molecular complexity index is 715. The van der Waals surface area contributed by atoms with E-state index in [-0.39, 0.29) is 5.91 Å². The van der Waals surface area contributed by atoms with Gasteiger partial charge in [0.05, 0.1) is 5.02 Å². The molecule has 0 saturated carbocycles. The van der Waals surface area contributed by atoms with Crippen LogP contribution >= 0.6 is 11.6 Å². The first kappa shape index (κ1) is 18.7. The van der Waals surface area contributed by atoms with Crippen LogP contribution in [0.5, 0.6) is 5.75 Å². The molecule has 1 atom stereocenters. The highest BCUT2D eigenvalue weighted by molar-refractivity contribution is 6.32. The summed E-state index contributed by atoms with van der Waals surface area (Å²) in [5.74, 6) is 0.615. The number of benzene rings is 2. The maximum atomic E-state index is 12.8. The van der Waals surface area contributed by atoms with E-state index in [1.54, 1.807) is 12.1 Å². The summed E-state index contributed by atoms with van der Waals surface area (Å²) in [4.78, 5) is 17.1. The highest BCUT2D eigenvalue weighted by Gasteiger charge is 2.28. The highest BCUT2D eigenvalue weighted by Crippen LogP contribution is 2.25. The number of hydrogen-bond donors (Lipinski definition) is 0. The van der Waals surface area contributed by atoms with Crippen molar-refractivity contribution in [3.05, 3.63) is 65.2 Å². The van der Waals surface area contributed by atoms with Gasteiger partial charge in [-0.2, -0.15) is 0 Å². The molecule has 1 amide bonds. The monoisotopic (exact) mass is 372 g/mol. The second-order valence-corrected chi connectivity index (χ2v) is 6.94. The van der Waals surface area contributed by atoms with E-state index in [0.29, 0.717) is 17.2 Å². The zero-order chi connectivity index (χ0) is 18.4. The first-order chi connectivity index (χ1) is 12.7. The van der Waals surface area contributed by atoms with E-state index in [9.17, 15) is 4.79 Å². The Kier molecular flexibility index (Phi) is 6.53. The number of ether oxygens (including phenoxy) is 1. The molecule has 1 fully saturated rings. The normalized spacial score (nSPS) is 16.3. The molecule has 0 spiro atoms. The van der Waals surface area contributed by atoms with Crippen molar-refractivity contribution < 1.29 is 9.53 Å². The molecular formula is C21H25ClN2O2. The van der Waals surface area contributed by atoms with Crippen LogP contribution in [0.4, 0.5) is 0 Å². The Labute approximate surface area is 160 Å². The van der Waals surface area contributed by atoms with E-state index in [1.165, 1.54) is 5.56 Å². The van der Waals surface area contributed by atoms with Gasteiger partial charge in [0.25, 0.3) is 5.91 Å². The van der Waals surface area contributed by atoms with Crippen LogP contribution < -0.4 is 4.74 Å². The van der Waals surface area contributed by atoms with Gasteiger partial charge in [0.1, 0.15) is 5.75 Å². The molecule has 26 heavy (non-hydrogen) atoms. The van der Waals surface area contributed by atoms with Crippen molar-refractivity contribution in [1.29, 1.82) is 0 Å². The van der Waals surface area contributed by atoms with Gasteiger partial charge >= 0.3 is 0 Å². The molecule has 0 bridgehead atoms. The van der Waals surface area contributed by atoms with Gasteiger partial charge in [0.2, 0.25) is 0 Å². The third kappa shape index (κ3) is 4.77. The van der Waals surface area contributed by atoms with E-state index >= 15 is 0 Å². The summed E-state index contributed by atoms with van der Waals surface area (Å²) in [7, 11) is 0. The third-order valence-corrected chi connectivity index (χ3v) is 5.00. The molecule has 0 unspecified atom stereocenters. The van der Waals surface area contributed by atoms with E-state index < -0.39 is 6.10 Å². The largest absolute Gasteiger partial charge is 0.479 e. The summed E-state index contributed by atoms with van der Waals surface area (Å²) in [5, 5.41) is 0.534. The molecule has 0 aromatic heterocycles. The molecule has 1 aliphatic heterocycles. The number of hydrogen-bond acceptors (Lipinski definition) is 3. The molecule has 1 heterocycles. The smallest absolute Gasteiger partial charge is 0.263 e. The zero-order valence-corrected chi connectivity index (χ0v) is 15.9. The Hall–Kier alpha value is -2.04. The Morgan fingerprint density at radius 3 is 2.35 bits per heavy atom. The fraction of sp³-hybridized carbons (Fsp3) is 0.381. The molecule has 2 aromatic carbocycles. The lowest BCUT2D eigenvalue weighted by molar-refractivity contribution is -0.140. The number of halogens is 1. The van der Waals surface area contributed by atoms with Gasteiger partial charge in [-0.05, 0) is 24.1 Å². The van der Waals surface area contributed by atoms with Crippen LogP contribution in [0.3, 0.4) is 0 Å². The molecule has 0 N–H and O–H groups in total. The molecule has 3 rings (SSSR count). The van der Waals surface area contributed by atoms with E-state index in [2.05, 4.69) is 29.2 Å². The molecule has 1 aliphatic rings. The predicted octanol–water partition coefficient (Wildman–Crippen LogP) is 3.84. The molecule has 4 nitrogen and oxygen atoms in total. The minimum Gasteiger partial charge on any atom is -0.479 e. The molecule has 0 radical (unpaired) electrons. The number of piperazine rings is 1. The minimum atomic E-state index is -0.490. The van der Waals surface area contributed by atoms with E-state index in [0.717, 1.165) is 32.7 Å². The summed E-state index contributed by atoms with van der Waals surface area (Å²) < 4.78 is 5.90. The number of amides is 1. The summed E-state index contributed by atoms with van der Waals surface area (Å²) in [6.45, 7) is 6.11. The van der Waals surface area contributed by atoms with E-state index in [1.807, 2.05) is 30.0 Å². The van der Waals surface area contributed by atoms with Gasteiger partial charge in [-0.3, -0.25) is 9.69 Å². The number of para-hydroxylation sites is 1. The van der Waals surface area contributed by atoms with Crippen LogP contribution in [0.2, 0.25) is 5.02 Å². The van der Waals surface area contributed by atoms with Gasteiger partial charge < -0.3 is 9.64 Å². The van der Waals surface area contributed by atoms with Crippen molar-refractivity contribution in [3.63, 3.8) is 0 Å². The lowest BCUT2D eigenvalue weighted by Gasteiger charge is -2.36. The van der Waals surface area contributed by atoms with Gasteiger partial charge in [-0.15, -0.1) is 0 Å². The van der Waals surface area contributed by atoms with Crippen molar-refractivity contribution in [1.82, 2.24) is 9.80 Å². The molecule has 138 valence electrons. The van der Waals surface area contributed by atoms with E-state index in [4.69, 9.17) is 16.3 Å². The molecular weight excluding hydrogens is 348 g/mol. The SMILES string of the molecule is CC[C@@H](Oc1ccccc1Cl)C(=O)N1CCN(Cc2ccccc2)CC1. The second-order valence-electron chi connectivity index (χ2n) is 6.53. The van der Waals surface area contributed by atoms with Crippen molar-refractivity contribution in [2.45, 2.75) is 26.0 Å². The Balaban J connectivity index is 1.54. The average Bonchev–Trinajstić information content (AvgIpc) is 2.68. The topological polar surface area (TPSA) is 32.8 Å². The van der Waals surface area contributed by atoms with Crippen LogP contribution in [-0.4, -0.2) is 48.0 Å². The standard InChI is InChI=1S/C21H25ClN2O2/c1-2-19(26-20-11-7-6-10-18(20)22)21(25)24-14-12-23(13-15-24)16-17-8-4-3-5-9-17/h3-11,19H,2,12-16H2,1H3/t19-/m1/s1. The summed E-state index contributed by atoms with van der Waals surface area (Å²) in [6, 6.07) is 17.7. The van der Waals surface area contributed by atoms with Crippen molar-refractivity contribution in [2.75, 3.05) is 26.2 Å². The quantitative estimate of drug-likeness (QED) is 0.772. The predicted molar refractivity (Wildman–Crippen MR) is 104 cm³/mol. The minimum absolute atomic E-state index is 0.0479. The van der Waals surface area contributed by atoms with Crippen LogP contribution in [-0.2, 0) is 11.3 Å². The molecule has 0 aliphatic carbocycles. The lowest BCUT2D eigenvalue weighted by atomic mass is 10.1. The summed E-state index contributed by atoms with van der Waals surface area (Å²) >= 11 is 6.16. The van der Waals surface area contributed by atoms with Crippen molar-refractivity contribution in [2.24, 2.45) is 0 Å². The Morgan fingerprint density at radius 2 is 1.69 bits per heavy atom. The zero-order valence-electron chi connectivity index (χ0n) is 15.1. The molecule has 2 aromatic rings.